The third kappa shape index (κ3) is 4.83. The van der Waals surface area contributed by atoms with Crippen molar-refractivity contribution in [2.45, 2.75) is 31.9 Å². The van der Waals surface area contributed by atoms with E-state index in [1.165, 1.54) is 12.1 Å². The first kappa shape index (κ1) is 13.5. The maximum absolute atomic E-state index is 11.9. The first-order chi connectivity index (χ1) is 8.13. The largest absolute Gasteiger partial charge is 0.435 e. The number of rotatable bonds is 6. The summed E-state index contributed by atoms with van der Waals surface area (Å²) in [4.78, 5) is 0. The van der Waals surface area contributed by atoms with Crippen LogP contribution in [-0.2, 0) is 0 Å². The molecule has 0 radical (unpaired) electrons. The molecule has 0 aromatic heterocycles. The molecule has 0 fully saturated rings. The Morgan fingerprint density at radius 2 is 1.94 bits per heavy atom. The Bertz CT molecular complexity index is 370. The Hall–Kier alpha value is -1.60. The molecule has 0 saturated carbocycles. The lowest BCUT2D eigenvalue weighted by atomic mass is 10.0. The normalized spacial score (nSPS) is 12.2. The standard InChI is InChI=1S/C13H15F2NO/c1-2-3-4-5-12(16)10-6-8-11(9-7-10)17-13(14)15/h1,6-9,12-13H,3-5,16H2. The number of terminal acetylenes is 1. The van der Waals surface area contributed by atoms with E-state index in [1.54, 1.807) is 12.1 Å². The van der Waals surface area contributed by atoms with E-state index >= 15 is 0 Å². The topological polar surface area (TPSA) is 35.2 Å². The molecule has 0 heterocycles. The van der Waals surface area contributed by atoms with Gasteiger partial charge in [-0.15, -0.1) is 12.3 Å². The molecular weight excluding hydrogens is 224 g/mol. The fourth-order valence-corrected chi connectivity index (χ4v) is 1.49. The van der Waals surface area contributed by atoms with Crippen LogP contribution in [0.5, 0.6) is 5.75 Å². The van der Waals surface area contributed by atoms with Crippen LogP contribution in [0, 0.1) is 12.3 Å². The van der Waals surface area contributed by atoms with E-state index in [2.05, 4.69) is 10.7 Å². The van der Waals surface area contributed by atoms with Gasteiger partial charge >= 0.3 is 6.61 Å². The molecular formula is C13H15F2NO. The summed E-state index contributed by atoms with van der Waals surface area (Å²) < 4.78 is 28.1. The SMILES string of the molecule is C#CCCCC(N)c1ccc(OC(F)F)cc1. The lowest BCUT2D eigenvalue weighted by Gasteiger charge is -2.12. The Morgan fingerprint density at radius 1 is 1.29 bits per heavy atom. The molecule has 1 unspecified atom stereocenters. The highest BCUT2D eigenvalue weighted by molar-refractivity contribution is 5.29. The first-order valence-corrected chi connectivity index (χ1v) is 5.37. The van der Waals surface area contributed by atoms with Crippen LogP contribution in [0.2, 0.25) is 0 Å². The molecule has 0 amide bonds. The Labute approximate surface area is 99.8 Å². The maximum atomic E-state index is 11.9. The van der Waals surface area contributed by atoms with Gasteiger partial charge in [-0.25, -0.2) is 0 Å². The fourth-order valence-electron chi connectivity index (χ4n) is 1.49. The van der Waals surface area contributed by atoms with Gasteiger partial charge in [-0.1, -0.05) is 12.1 Å². The average molecular weight is 239 g/mol. The molecule has 92 valence electrons. The minimum Gasteiger partial charge on any atom is -0.435 e. The van der Waals surface area contributed by atoms with Crippen molar-refractivity contribution < 1.29 is 13.5 Å². The van der Waals surface area contributed by atoms with E-state index in [9.17, 15) is 8.78 Å². The molecule has 2 nitrogen and oxygen atoms in total. The minimum atomic E-state index is -2.80. The fraction of sp³-hybridized carbons (Fsp3) is 0.385. The third-order valence-electron chi connectivity index (χ3n) is 2.37. The Kier molecular flexibility index (Phi) is 5.44. The maximum Gasteiger partial charge on any atom is 0.387 e. The van der Waals surface area contributed by atoms with Crippen LogP contribution in [0.3, 0.4) is 0 Å². The molecule has 0 aliphatic heterocycles. The molecule has 4 heteroatoms. The van der Waals surface area contributed by atoms with Crippen molar-refractivity contribution in [3.63, 3.8) is 0 Å². The summed E-state index contributed by atoms with van der Waals surface area (Å²) in [6, 6.07) is 6.24. The predicted molar refractivity (Wildman–Crippen MR) is 62.7 cm³/mol. The van der Waals surface area contributed by atoms with Crippen molar-refractivity contribution in [1.82, 2.24) is 0 Å². The third-order valence-corrected chi connectivity index (χ3v) is 2.37. The highest BCUT2D eigenvalue weighted by atomic mass is 19.3. The number of nitrogens with two attached hydrogens (primary N) is 1. The van der Waals surface area contributed by atoms with Gasteiger partial charge in [0, 0.05) is 12.5 Å². The minimum absolute atomic E-state index is 0.121. The zero-order valence-electron chi connectivity index (χ0n) is 9.40. The first-order valence-electron chi connectivity index (χ1n) is 5.37. The van der Waals surface area contributed by atoms with Crippen LogP contribution >= 0.6 is 0 Å². The average Bonchev–Trinajstić information content (AvgIpc) is 2.29. The second-order valence-electron chi connectivity index (χ2n) is 3.65. The van der Waals surface area contributed by atoms with Crippen molar-refractivity contribution >= 4 is 0 Å². The lowest BCUT2D eigenvalue weighted by molar-refractivity contribution is -0.0498. The monoisotopic (exact) mass is 239 g/mol. The van der Waals surface area contributed by atoms with Crippen molar-refractivity contribution in [1.29, 1.82) is 0 Å². The molecule has 1 atom stereocenters. The van der Waals surface area contributed by atoms with Gasteiger partial charge in [-0.05, 0) is 30.5 Å². The smallest absolute Gasteiger partial charge is 0.387 e. The number of alkyl halides is 2. The van der Waals surface area contributed by atoms with Gasteiger partial charge in [0.1, 0.15) is 5.75 Å². The zero-order valence-corrected chi connectivity index (χ0v) is 9.40. The number of hydrogen-bond acceptors (Lipinski definition) is 2. The Balaban J connectivity index is 2.52. The van der Waals surface area contributed by atoms with E-state index in [0.717, 1.165) is 18.4 Å². The molecule has 0 aliphatic carbocycles. The van der Waals surface area contributed by atoms with Crippen LogP contribution in [0.25, 0.3) is 0 Å². The molecule has 2 N–H and O–H groups in total. The summed E-state index contributed by atoms with van der Waals surface area (Å²) >= 11 is 0. The van der Waals surface area contributed by atoms with Gasteiger partial charge < -0.3 is 10.5 Å². The van der Waals surface area contributed by atoms with Crippen molar-refractivity contribution in [3.05, 3.63) is 29.8 Å². The highest BCUT2D eigenvalue weighted by Gasteiger charge is 2.07. The van der Waals surface area contributed by atoms with Crippen LogP contribution in [0.15, 0.2) is 24.3 Å². The van der Waals surface area contributed by atoms with Gasteiger partial charge in [-0.3, -0.25) is 0 Å². The molecule has 1 aromatic rings. The van der Waals surface area contributed by atoms with Gasteiger partial charge in [0.2, 0.25) is 0 Å². The number of benzene rings is 1. The molecule has 17 heavy (non-hydrogen) atoms. The second kappa shape index (κ2) is 6.87. The van der Waals surface area contributed by atoms with Crippen LogP contribution in [0.4, 0.5) is 8.78 Å². The quantitative estimate of drug-likeness (QED) is 0.611. The molecule has 0 bridgehead atoms. The van der Waals surface area contributed by atoms with Gasteiger partial charge in [0.05, 0.1) is 0 Å². The highest BCUT2D eigenvalue weighted by Crippen LogP contribution is 2.21. The number of halogens is 2. The summed E-state index contributed by atoms with van der Waals surface area (Å²) in [5.74, 6) is 2.68. The van der Waals surface area contributed by atoms with E-state index in [0.29, 0.717) is 6.42 Å². The van der Waals surface area contributed by atoms with E-state index < -0.39 is 6.61 Å². The second-order valence-corrected chi connectivity index (χ2v) is 3.65. The van der Waals surface area contributed by atoms with Gasteiger partial charge in [0.25, 0.3) is 0 Å². The number of ether oxygens (including phenoxy) is 1. The summed E-state index contributed by atoms with van der Waals surface area (Å²) in [6.07, 6.45) is 7.47. The predicted octanol–water partition coefficient (Wildman–Crippen LogP) is 3.09. The van der Waals surface area contributed by atoms with Crippen LogP contribution < -0.4 is 10.5 Å². The summed E-state index contributed by atoms with van der Waals surface area (Å²) in [7, 11) is 0. The molecule has 0 saturated heterocycles. The van der Waals surface area contributed by atoms with Crippen molar-refractivity contribution in [2.24, 2.45) is 5.73 Å². The lowest BCUT2D eigenvalue weighted by Crippen LogP contribution is -2.10. The zero-order chi connectivity index (χ0) is 12.7. The Morgan fingerprint density at radius 3 is 2.47 bits per heavy atom. The van der Waals surface area contributed by atoms with Gasteiger partial charge in [0.15, 0.2) is 0 Å². The van der Waals surface area contributed by atoms with E-state index in [1.807, 2.05) is 0 Å². The number of unbranched alkanes of at least 4 members (excludes halogenated alkanes) is 1. The number of hydrogen-bond donors (Lipinski definition) is 1. The van der Waals surface area contributed by atoms with Crippen molar-refractivity contribution in [3.8, 4) is 18.1 Å². The molecule has 1 rings (SSSR count). The summed E-state index contributed by atoms with van der Waals surface area (Å²) in [6.45, 7) is -2.80. The molecule has 0 spiro atoms. The molecule has 0 aliphatic rings. The summed E-state index contributed by atoms with van der Waals surface area (Å²) in [5, 5.41) is 0. The van der Waals surface area contributed by atoms with Crippen LogP contribution in [0.1, 0.15) is 30.9 Å². The van der Waals surface area contributed by atoms with Gasteiger partial charge in [-0.2, -0.15) is 8.78 Å². The van der Waals surface area contributed by atoms with E-state index in [4.69, 9.17) is 12.2 Å². The van der Waals surface area contributed by atoms with E-state index in [-0.39, 0.29) is 11.8 Å². The van der Waals surface area contributed by atoms with Crippen LogP contribution in [-0.4, -0.2) is 6.61 Å². The molecule has 1 aromatic carbocycles. The summed E-state index contributed by atoms with van der Waals surface area (Å²) in [5.41, 5.74) is 6.82. The van der Waals surface area contributed by atoms with Crippen molar-refractivity contribution in [2.75, 3.05) is 0 Å².